The summed E-state index contributed by atoms with van der Waals surface area (Å²) in [5.74, 6) is 0.306. The predicted octanol–water partition coefficient (Wildman–Crippen LogP) is 2.91. The largest absolute Gasteiger partial charge is 0.327 e. The summed E-state index contributed by atoms with van der Waals surface area (Å²) in [7, 11) is -1.45. The SMILES string of the molecule is COP(C)(=O)OC(C)(C)C(C)C. The van der Waals surface area contributed by atoms with Crippen LogP contribution >= 0.6 is 7.60 Å². The van der Waals surface area contributed by atoms with E-state index < -0.39 is 13.2 Å². The standard InChI is InChI=1S/C8H19O3P/c1-7(2)8(3,4)11-12(6,9)10-5/h7H,1-6H3. The third-order valence-corrected chi connectivity index (χ3v) is 3.59. The first-order valence-corrected chi connectivity index (χ1v) is 6.04. The Kier molecular flexibility index (Phi) is 3.95. The summed E-state index contributed by atoms with van der Waals surface area (Å²) in [4.78, 5) is 0. The fourth-order valence-electron chi connectivity index (χ4n) is 0.570. The van der Waals surface area contributed by atoms with Crippen molar-refractivity contribution in [2.45, 2.75) is 33.3 Å². The monoisotopic (exact) mass is 194 g/mol. The molecule has 74 valence electrons. The van der Waals surface area contributed by atoms with Crippen LogP contribution < -0.4 is 0 Å². The molecule has 1 atom stereocenters. The Labute approximate surface area is 75.0 Å². The van der Waals surface area contributed by atoms with Crippen LogP contribution in [0, 0.1) is 5.92 Å². The summed E-state index contributed by atoms with van der Waals surface area (Å²) in [6.45, 7) is 9.35. The normalized spacial score (nSPS) is 17.9. The molecule has 3 nitrogen and oxygen atoms in total. The van der Waals surface area contributed by atoms with Gasteiger partial charge in [0.25, 0.3) is 0 Å². The molecule has 0 saturated heterocycles. The minimum Gasteiger partial charge on any atom is -0.312 e. The van der Waals surface area contributed by atoms with Gasteiger partial charge in [0.2, 0.25) is 0 Å². The zero-order valence-electron chi connectivity index (χ0n) is 8.75. The molecule has 0 amide bonds. The lowest BCUT2D eigenvalue weighted by Gasteiger charge is -2.31. The Morgan fingerprint density at radius 2 is 1.75 bits per heavy atom. The second-order valence-electron chi connectivity index (χ2n) is 3.80. The molecule has 0 radical (unpaired) electrons. The van der Waals surface area contributed by atoms with Crippen molar-refractivity contribution in [2.24, 2.45) is 5.92 Å². The molecule has 0 fully saturated rings. The molecule has 0 aromatic carbocycles. The molecule has 0 saturated carbocycles. The summed E-state index contributed by atoms with van der Waals surface area (Å²) >= 11 is 0. The molecular formula is C8H19O3P. The van der Waals surface area contributed by atoms with Crippen LogP contribution in [0.25, 0.3) is 0 Å². The molecule has 1 unspecified atom stereocenters. The molecule has 12 heavy (non-hydrogen) atoms. The first kappa shape index (κ1) is 12.2. The van der Waals surface area contributed by atoms with Gasteiger partial charge in [0.15, 0.2) is 0 Å². The highest BCUT2D eigenvalue weighted by Gasteiger charge is 2.31. The number of hydrogen-bond acceptors (Lipinski definition) is 3. The molecule has 0 heterocycles. The van der Waals surface area contributed by atoms with Crippen molar-refractivity contribution in [3.05, 3.63) is 0 Å². The zero-order valence-corrected chi connectivity index (χ0v) is 9.64. The lowest BCUT2D eigenvalue weighted by molar-refractivity contribution is 0.0448. The van der Waals surface area contributed by atoms with E-state index in [-0.39, 0.29) is 0 Å². The van der Waals surface area contributed by atoms with Crippen molar-refractivity contribution in [1.82, 2.24) is 0 Å². The highest BCUT2D eigenvalue weighted by molar-refractivity contribution is 7.53. The summed E-state index contributed by atoms with van der Waals surface area (Å²) in [5.41, 5.74) is -0.402. The van der Waals surface area contributed by atoms with Gasteiger partial charge in [0.05, 0.1) is 5.60 Å². The van der Waals surface area contributed by atoms with Crippen LogP contribution in [0.4, 0.5) is 0 Å². The highest BCUT2D eigenvalue weighted by Crippen LogP contribution is 2.48. The number of hydrogen-bond donors (Lipinski definition) is 0. The van der Waals surface area contributed by atoms with Crippen molar-refractivity contribution >= 4 is 7.60 Å². The fraction of sp³-hybridized carbons (Fsp3) is 1.00. The lowest BCUT2D eigenvalue weighted by Crippen LogP contribution is -2.29. The summed E-state index contributed by atoms with van der Waals surface area (Å²) in [6, 6.07) is 0. The molecule has 0 aliphatic heterocycles. The van der Waals surface area contributed by atoms with Crippen molar-refractivity contribution in [3.8, 4) is 0 Å². The van der Waals surface area contributed by atoms with Crippen molar-refractivity contribution in [3.63, 3.8) is 0 Å². The first-order chi connectivity index (χ1) is 5.21. The Balaban J connectivity index is 4.34. The van der Waals surface area contributed by atoms with Crippen LogP contribution in [0.15, 0.2) is 0 Å². The van der Waals surface area contributed by atoms with E-state index in [9.17, 15) is 4.57 Å². The highest BCUT2D eigenvalue weighted by atomic mass is 31.2. The molecule has 0 N–H and O–H groups in total. The average Bonchev–Trinajstić information content (AvgIpc) is 1.85. The Bertz CT molecular complexity index is 187. The van der Waals surface area contributed by atoms with Gasteiger partial charge in [-0.15, -0.1) is 0 Å². The molecule has 0 spiro atoms. The van der Waals surface area contributed by atoms with E-state index in [4.69, 9.17) is 9.05 Å². The van der Waals surface area contributed by atoms with Gasteiger partial charge in [0.1, 0.15) is 0 Å². The molecular weight excluding hydrogens is 175 g/mol. The second-order valence-corrected chi connectivity index (χ2v) is 5.89. The van der Waals surface area contributed by atoms with Crippen LogP contribution in [0.2, 0.25) is 0 Å². The lowest BCUT2D eigenvalue weighted by atomic mass is 9.95. The van der Waals surface area contributed by atoms with Crippen LogP contribution in [0.1, 0.15) is 27.7 Å². The topological polar surface area (TPSA) is 35.5 Å². The van der Waals surface area contributed by atoms with Crippen LogP contribution in [0.5, 0.6) is 0 Å². The van der Waals surface area contributed by atoms with E-state index in [1.54, 1.807) is 0 Å². The zero-order chi connectivity index (χ0) is 9.99. The smallest absolute Gasteiger partial charge is 0.312 e. The van der Waals surface area contributed by atoms with E-state index in [1.807, 2.05) is 27.7 Å². The average molecular weight is 194 g/mol. The van der Waals surface area contributed by atoms with Crippen molar-refractivity contribution < 1.29 is 13.6 Å². The third-order valence-electron chi connectivity index (χ3n) is 2.12. The summed E-state index contributed by atoms with van der Waals surface area (Å²) < 4.78 is 21.6. The van der Waals surface area contributed by atoms with Crippen molar-refractivity contribution in [1.29, 1.82) is 0 Å². The van der Waals surface area contributed by atoms with E-state index >= 15 is 0 Å². The summed E-state index contributed by atoms with van der Waals surface area (Å²) in [5, 5.41) is 0. The van der Waals surface area contributed by atoms with E-state index in [0.29, 0.717) is 5.92 Å². The first-order valence-electron chi connectivity index (χ1n) is 4.05. The minimum absolute atomic E-state index is 0.306. The molecule has 0 bridgehead atoms. The maximum atomic E-state index is 11.5. The summed E-state index contributed by atoms with van der Waals surface area (Å²) in [6.07, 6.45) is 0. The van der Waals surface area contributed by atoms with Gasteiger partial charge < -0.3 is 9.05 Å². The predicted molar refractivity (Wildman–Crippen MR) is 50.5 cm³/mol. The molecule has 0 aromatic heterocycles. The van der Waals surface area contributed by atoms with Gasteiger partial charge in [-0.2, -0.15) is 0 Å². The Morgan fingerprint density at radius 1 is 1.33 bits per heavy atom. The van der Waals surface area contributed by atoms with Crippen LogP contribution in [-0.4, -0.2) is 19.4 Å². The Hall–Kier alpha value is 0.150. The van der Waals surface area contributed by atoms with Gasteiger partial charge >= 0.3 is 7.60 Å². The fourth-order valence-corrected chi connectivity index (χ4v) is 1.71. The Morgan fingerprint density at radius 3 is 2.00 bits per heavy atom. The van der Waals surface area contributed by atoms with Crippen LogP contribution in [-0.2, 0) is 13.6 Å². The molecule has 4 heteroatoms. The van der Waals surface area contributed by atoms with Gasteiger partial charge in [-0.05, 0) is 19.8 Å². The quantitative estimate of drug-likeness (QED) is 0.645. The van der Waals surface area contributed by atoms with Gasteiger partial charge in [-0.25, -0.2) is 0 Å². The minimum atomic E-state index is -2.85. The third kappa shape index (κ3) is 3.70. The molecule has 0 rings (SSSR count). The van der Waals surface area contributed by atoms with Crippen molar-refractivity contribution in [2.75, 3.05) is 13.8 Å². The maximum absolute atomic E-state index is 11.5. The second kappa shape index (κ2) is 3.91. The van der Waals surface area contributed by atoms with E-state index in [0.717, 1.165) is 0 Å². The van der Waals surface area contributed by atoms with Gasteiger partial charge in [0, 0.05) is 13.8 Å². The van der Waals surface area contributed by atoms with Crippen LogP contribution in [0.3, 0.4) is 0 Å². The van der Waals surface area contributed by atoms with E-state index in [2.05, 4.69) is 0 Å². The van der Waals surface area contributed by atoms with Gasteiger partial charge in [-0.1, -0.05) is 13.8 Å². The molecule has 0 aromatic rings. The molecule has 0 aliphatic rings. The van der Waals surface area contributed by atoms with E-state index in [1.165, 1.54) is 13.8 Å². The maximum Gasteiger partial charge on any atom is 0.327 e. The molecule has 0 aliphatic carbocycles. The van der Waals surface area contributed by atoms with Gasteiger partial charge in [-0.3, -0.25) is 4.57 Å². The number of rotatable bonds is 4.